The Kier molecular flexibility index (Phi) is 3.84. The van der Waals surface area contributed by atoms with Crippen LogP contribution in [0.15, 0.2) is 41.8 Å². The summed E-state index contributed by atoms with van der Waals surface area (Å²) in [4.78, 5) is 20.0. The van der Waals surface area contributed by atoms with E-state index in [-0.39, 0.29) is 11.7 Å². The number of hydrogen-bond acceptors (Lipinski definition) is 7. The Balaban J connectivity index is 1.66. The highest BCUT2D eigenvalue weighted by Crippen LogP contribution is 2.21. The van der Waals surface area contributed by atoms with Gasteiger partial charge in [0.2, 0.25) is 5.91 Å². The quantitative estimate of drug-likeness (QED) is 0.588. The van der Waals surface area contributed by atoms with Crippen molar-refractivity contribution >= 4 is 46.1 Å². The van der Waals surface area contributed by atoms with Gasteiger partial charge in [-0.25, -0.2) is 9.97 Å². The third-order valence-electron chi connectivity index (χ3n) is 2.43. The molecule has 0 saturated carbocycles. The number of nitrogens with one attached hydrogen (secondary N) is 1. The minimum absolute atomic E-state index is 0.122. The van der Waals surface area contributed by atoms with E-state index in [0.717, 1.165) is 17.2 Å². The van der Waals surface area contributed by atoms with Gasteiger partial charge in [0.05, 0.1) is 23.2 Å². The van der Waals surface area contributed by atoms with E-state index in [2.05, 4.69) is 24.0 Å². The standard InChI is InChI=1S/C12H9N5OS2/c18-10(7-19-12-13-5-2-6-14-12)15-8-3-1-4-9-11(8)17-20-16-9/h1-6H,7H2,(H,15,18). The number of thioether (sulfide) groups is 1. The van der Waals surface area contributed by atoms with Gasteiger partial charge in [-0.15, -0.1) is 0 Å². The molecule has 3 rings (SSSR count). The van der Waals surface area contributed by atoms with E-state index in [1.54, 1.807) is 18.5 Å². The van der Waals surface area contributed by atoms with E-state index in [1.165, 1.54) is 11.8 Å². The molecule has 0 bridgehead atoms. The smallest absolute Gasteiger partial charge is 0.234 e. The molecule has 2 aromatic heterocycles. The minimum atomic E-state index is -0.122. The molecule has 0 unspecified atom stereocenters. The van der Waals surface area contributed by atoms with E-state index >= 15 is 0 Å². The fraction of sp³-hybridized carbons (Fsp3) is 0.0833. The van der Waals surface area contributed by atoms with Crippen molar-refractivity contribution < 1.29 is 4.79 Å². The fourth-order valence-electron chi connectivity index (χ4n) is 1.58. The molecule has 0 aliphatic heterocycles. The number of hydrogen-bond donors (Lipinski definition) is 1. The van der Waals surface area contributed by atoms with Gasteiger partial charge in [-0.1, -0.05) is 17.8 Å². The molecule has 0 radical (unpaired) electrons. The molecular formula is C12H9N5OS2. The van der Waals surface area contributed by atoms with Crippen LogP contribution in [0.3, 0.4) is 0 Å². The van der Waals surface area contributed by atoms with Crippen LogP contribution in [0.25, 0.3) is 11.0 Å². The van der Waals surface area contributed by atoms with Crippen LogP contribution in [-0.2, 0) is 4.79 Å². The third-order valence-corrected chi connectivity index (χ3v) is 3.85. The van der Waals surface area contributed by atoms with Crippen molar-refractivity contribution in [3.63, 3.8) is 0 Å². The van der Waals surface area contributed by atoms with Crippen molar-refractivity contribution in [1.29, 1.82) is 0 Å². The largest absolute Gasteiger partial charge is 0.323 e. The maximum atomic E-state index is 11.9. The summed E-state index contributed by atoms with van der Waals surface area (Å²) in [5.74, 6) is 0.126. The number of nitrogens with zero attached hydrogens (tertiary/aromatic N) is 4. The lowest BCUT2D eigenvalue weighted by atomic mass is 10.2. The third kappa shape index (κ3) is 2.91. The zero-order valence-corrected chi connectivity index (χ0v) is 11.8. The summed E-state index contributed by atoms with van der Waals surface area (Å²) in [6.07, 6.45) is 3.30. The predicted molar refractivity (Wildman–Crippen MR) is 78.8 cm³/mol. The van der Waals surface area contributed by atoms with E-state index in [4.69, 9.17) is 0 Å². The van der Waals surface area contributed by atoms with Gasteiger partial charge in [-0.2, -0.15) is 8.75 Å². The molecule has 100 valence electrons. The summed E-state index contributed by atoms with van der Waals surface area (Å²) in [6.45, 7) is 0. The van der Waals surface area contributed by atoms with E-state index in [0.29, 0.717) is 16.4 Å². The molecule has 6 nitrogen and oxygen atoms in total. The Hall–Kier alpha value is -2.06. The molecule has 0 aliphatic rings. The van der Waals surface area contributed by atoms with Crippen LogP contribution in [0.2, 0.25) is 0 Å². The van der Waals surface area contributed by atoms with Crippen LogP contribution in [0.4, 0.5) is 5.69 Å². The highest BCUT2D eigenvalue weighted by molar-refractivity contribution is 7.99. The molecule has 1 amide bonds. The zero-order valence-electron chi connectivity index (χ0n) is 10.2. The van der Waals surface area contributed by atoms with Crippen LogP contribution in [0.5, 0.6) is 0 Å². The van der Waals surface area contributed by atoms with Gasteiger partial charge in [0, 0.05) is 12.4 Å². The van der Waals surface area contributed by atoms with Crippen molar-refractivity contribution in [2.24, 2.45) is 0 Å². The highest BCUT2D eigenvalue weighted by Gasteiger charge is 2.09. The summed E-state index contributed by atoms with van der Waals surface area (Å²) in [6, 6.07) is 7.25. The first-order valence-electron chi connectivity index (χ1n) is 5.74. The van der Waals surface area contributed by atoms with Gasteiger partial charge in [-0.05, 0) is 18.2 Å². The highest BCUT2D eigenvalue weighted by atomic mass is 32.2. The Morgan fingerprint density at radius 1 is 1.20 bits per heavy atom. The van der Waals surface area contributed by atoms with Crippen LogP contribution < -0.4 is 5.32 Å². The number of aromatic nitrogens is 4. The molecule has 20 heavy (non-hydrogen) atoms. The zero-order chi connectivity index (χ0) is 13.8. The molecule has 3 aromatic rings. The SMILES string of the molecule is O=C(CSc1ncccn1)Nc1cccc2nsnc12. The first kappa shape index (κ1) is 12.9. The summed E-state index contributed by atoms with van der Waals surface area (Å²) in [7, 11) is 0. The number of amides is 1. The molecule has 2 heterocycles. The van der Waals surface area contributed by atoms with Crippen molar-refractivity contribution in [3.8, 4) is 0 Å². The first-order valence-corrected chi connectivity index (χ1v) is 7.45. The van der Waals surface area contributed by atoms with Crippen molar-refractivity contribution in [3.05, 3.63) is 36.7 Å². The summed E-state index contributed by atoms with van der Waals surface area (Å²) in [5.41, 5.74) is 2.18. The first-order chi connectivity index (χ1) is 9.83. The normalized spacial score (nSPS) is 10.6. The molecule has 1 aromatic carbocycles. The molecule has 0 atom stereocenters. The average molecular weight is 303 g/mol. The summed E-state index contributed by atoms with van der Waals surface area (Å²) < 4.78 is 8.31. The van der Waals surface area contributed by atoms with Gasteiger partial charge < -0.3 is 5.32 Å². The van der Waals surface area contributed by atoms with Gasteiger partial charge in [0.25, 0.3) is 0 Å². The van der Waals surface area contributed by atoms with Crippen LogP contribution in [-0.4, -0.2) is 30.4 Å². The fourth-order valence-corrected chi connectivity index (χ4v) is 2.74. The van der Waals surface area contributed by atoms with Gasteiger partial charge >= 0.3 is 0 Å². The van der Waals surface area contributed by atoms with Crippen molar-refractivity contribution in [2.75, 3.05) is 11.1 Å². The Labute approximate surface area is 123 Å². The molecule has 1 N–H and O–H groups in total. The topological polar surface area (TPSA) is 80.7 Å². The summed E-state index contributed by atoms with van der Waals surface area (Å²) >= 11 is 2.42. The van der Waals surface area contributed by atoms with Crippen molar-refractivity contribution in [1.82, 2.24) is 18.7 Å². The predicted octanol–water partition coefficient (Wildman–Crippen LogP) is 2.21. The number of benzene rings is 1. The lowest BCUT2D eigenvalue weighted by Gasteiger charge is -2.04. The number of anilines is 1. The maximum absolute atomic E-state index is 11.9. The maximum Gasteiger partial charge on any atom is 0.234 e. The second-order valence-corrected chi connectivity index (χ2v) is 5.28. The molecule has 8 heteroatoms. The average Bonchev–Trinajstić information content (AvgIpc) is 2.96. The number of rotatable bonds is 4. The second kappa shape index (κ2) is 5.93. The summed E-state index contributed by atoms with van der Waals surface area (Å²) in [5, 5.41) is 3.41. The van der Waals surface area contributed by atoms with Crippen molar-refractivity contribution in [2.45, 2.75) is 5.16 Å². The molecular weight excluding hydrogens is 294 g/mol. The van der Waals surface area contributed by atoms with Gasteiger partial charge in [0.15, 0.2) is 5.16 Å². The van der Waals surface area contributed by atoms with E-state index in [1.807, 2.05) is 18.2 Å². The Bertz CT molecular complexity index is 731. The monoisotopic (exact) mass is 303 g/mol. The molecule has 0 spiro atoms. The Morgan fingerprint density at radius 3 is 2.90 bits per heavy atom. The number of carbonyl (C=O) groups excluding carboxylic acids is 1. The van der Waals surface area contributed by atoms with Crippen LogP contribution in [0, 0.1) is 0 Å². The molecule has 0 saturated heterocycles. The van der Waals surface area contributed by atoms with E-state index in [9.17, 15) is 4.79 Å². The number of carbonyl (C=O) groups is 1. The lowest BCUT2D eigenvalue weighted by molar-refractivity contribution is -0.113. The Morgan fingerprint density at radius 2 is 2.05 bits per heavy atom. The van der Waals surface area contributed by atoms with Gasteiger partial charge in [0.1, 0.15) is 11.0 Å². The number of fused-ring (bicyclic) bond motifs is 1. The lowest BCUT2D eigenvalue weighted by Crippen LogP contribution is -2.14. The second-order valence-electron chi connectivity index (χ2n) is 3.81. The van der Waals surface area contributed by atoms with Crippen LogP contribution in [0.1, 0.15) is 0 Å². The minimum Gasteiger partial charge on any atom is -0.323 e. The van der Waals surface area contributed by atoms with Crippen LogP contribution >= 0.6 is 23.5 Å². The molecule has 0 aliphatic carbocycles. The molecule has 0 fully saturated rings. The van der Waals surface area contributed by atoms with Gasteiger partial charge in [-0.3, -0.25) is 4.79 Å². The van der Waals surface area contributed by atoms with E-state index < -0.39 is 0 Å².